The molecule has 0 spiro atoms. The van der Waals surface area contributed by atoms with E-state index in [9.17, 15) is 9.59 Å². The zero-order chi connectivity index (χ0) is 15.8. The number of nitrogens with one attached hydrogen (secondary N) is 2. The van der Waals surface area contributed by atoms with Gasteiger partial charge in [-0.15, -0.1) is 0 Å². The average molecular weight is 310 g/mol. The largest absolute Gasteiger partial charge is 0.481 e. The minimum absolute atomic E-state index is 0.0785. The van der Waals surface area contributed by atoms with Gasteiger partial charge in [-0.2, -0.15) is 5.26 Å². The molecule has 1 atom stereocenters. The lowest BCUT2D eigenvalue weighted by Crippen LogP contribution is -2.36. The Balaban J connectivity index is 2.46. The van der Waals surface area contributed by atoms with E-state index in [0.29, 0.717) is 24.1 Å². The summed E-state index contributed by atoms with van der Waals surface area (Å²) in [5, 5.41) is 22.8. The number of halogens is 1. The molecule has 0 bridgehead atoms. The number of anilines is 1. The third-order valence-electron chi connectivity index (χ3n) is 2.75. The first-order valence-electron chi connectivity index (χ1n) is 6.41. The smallest absolute Gasteiger partial charge is 0.319 e. The van der Waals surface area contributed by atoms with E-state index < -0.39 is 12.0 Å². The normalized spacial score (nSPS) is 11.3. The van der Waals surface area contributed by atoms with Crippen LogP contribution in [0.15, 0.2) is 18.2 Å². The molecule has 0 saturated carbocycles. The number of nitrogens with zero attached hydrogens (tertiary/aromatic N) is 1. The molecule has 1 aromatic carbocycles. The molecule has 0 aliphatic heterocycles. The van der Waals surface area contributed by atoms with E-state index in [4.69, 9.17) is 22.0 Å². The number of carboxylic acids is 1. The maximum Gasteiger partial charge on any atom is 0.319 e. The number of nitriles is 1. The van der Waals surface area contributed by atoms with Gasteiger partial charge in [0.15, 0.2) is 0 Å². The molecule has 0 saturated heterocycles. The summed E-state index contributed by atoms with van der Waals surface area (Å²) in [4.78, 5) is 22.2. The van der Waals surface area contributed by atoms with Gasteiger partial charge in [-0.3, -0.25) is 4.79 Å². The molecule has 0 aromatic heterocycles. The van der Waals surface area contributed by atoms with Crippen LogP contribution in [0.1, 0.15) is 31.7 Å². The van der Waals surface area contributed by atoms with Crippen LogP contribution in [-0.2, 0) is 4.79 Å². The zero-order valence-electron chi connectivity index (χ0n) is 11.5. The molecule has 0 fully saturated rings. The molecule has 7 heteroatoms. The van der Waals surface area contributed by atoms with E-state index >= 15 is 0 Å². The van der Waals surface area contributed by atoms with Crippen molar-refractivity contribution in [2.24, 2.45) is 0 Å². The maximum atomic E-state index is 11.8. The van der Waals surface area contributed by atoms with Gasteiger partial charge in [0, 0.05) is 12.5 Å². The molecular weight excluding hydrogens is 294 g/mol. The van der Waals surface area contributed by atoms with Gasteiger partial charge in [0.05, 0.1) is 22.3 Å². The van der Waals surface area contributed by atoms with Crippen molar-refractivity contribution in [3.63, 3.8) is 0 Å². The van der Waals surface area contributed by atoms with Crippen LogP contribution in [0.4, 0.5) is 10.5 Å². The first kappa shape index (κ1) is 16.8. The van der Waals surface area contributed by atoms with Crippen LogP contribution in [0, 0.1) is 11.3 Å². The number of carbonyl (C=O) groups excluding carboxylic acids is 1. The SMILES string of the molecule is CC(CCCC(=O)O)NC(=O)Nc1ccc(C#N)cc1Cl. The molecule has 21 heavy (non-hydrogen) atoms. The lowest BCUT2D eigenvalue weighted by atomic mass is 10.1. The summed E-state index contributed by atoms with van der Waals surface area (Å²) in [6.45, 7) is 1.79. The lowest BCUT2D eigenvalue weighted by Gasteiger charge is -2.14. The Morgan fingerprint density at radius 1 is 1.48 bits per heavy atom. The van der Waals surface area contributed by atoms with E-state index in [1.165, 1.54) is 6.07 Å². The summed E-state index contributed by atoms with van der Waals surface area (Å²) < 4.78 is 0. The van der Waals surface area contributed by atoms with Gasteiger partial charge in [0.1, 0.15) is 0 Å². The average Bonchev–Trinajstić information content (AvgIpc) is 2.40. The van der Waals surface area contributed by atoms with Gasteiger partial charge in [-0.05, 0) is 38.0 Å². The third-order valence-corrected chi connectivity index (χ3v) is 3.06. The summed E-state index contributed by atoms with van der Waals surface area (Å²) >= 11 is 5.95. The molecule has 0 aliphatic carbocycles. The first-order chi connectivity index (χ1) is 9.92. The molecule has 2 amide bonds. The maximum absolute atomic E-state index is 11.8. The monoisotopic (exact) mass is 309 g/mol. The predicted octanol–water partition coefficient (Wildman–Crippen LogP) is 2.98. The van der Waals surface area contributed by atoms with Gasteiger partial charge in [0.25, 0.3) is 0 Å². The van der Waals surface area contributed by atoms with Crippen molar-refractivity contribution >= 4 is 29.3 Å². The molecule has 0 aliphatic rings. The van der Waals surface area contributed by atoms with Gasteiger partial charge in [-0.25, -0.2) is 4.79 Å². The Hall–Kier alpha value is -2.26. The molecule has 0 radical (unpaired) electrons. The topological polar surface area (TPSA) is 102 Å². The molecule has 112 valence electrons. The van der Waals surface area contributed by atoms with Crippen molar-refractivity contribution in [3.05, 3.63) is 28.8 Å². The van der Waals surface area contributed by atoms with E-state index in [1.807, 2.05) is 6.07 Å². The van der Waals surface area contributed by atoms with Gasteiger partial charge < -0.3 is 15.7 Å². The predicted molar refractivity (Wildman–Crippen MR) is 79.3 cm³/mol. The van der Waals surface area contributed by atoms with Crippen LogP contribution < -0.4 is 10.6 Å². The van der Waals surface area contributed by atoms with Gasteiger partial charge in [-0.1, -0.05) is 11.6 Å². The molecule has 1 unspecified atom stereocenters. The number of urea groups is 1. The fourth-order valence-electron chi connectivity index (χ4n) is 1.70. The van der Waals surface area contributed by atoms with E-state index in [0.717, 1.165) is 0 Å². The lowest BCUT2D eigenvalue weighted by molar-refractivity contribution is -0.137. The number of hydrogen-bond acceptors (Lipinski definition) is 3. The van der Waals surface area contributed by atoms with Crippen molar-refractivity contribution in [2.45, 2.75) is 32.2 Å². The van der Waals surface area contributed by atoms with Crippen LogP contribution >= 0.6 is 11.6 Å². The van der Waals surface area contributed by atoms with Crippen LogP contribution in [-0.4, -0.2) is 23.1 Å². The van der Waals surface area contributed by atoms with Crippen LogP contribution in [0.25, 0.3) is 0 Å². The van der Waals surface area contributed by atoms with Gasteiger partial charge in [0.2, 0.25) is 0 Å². The number of aliphatic carboxylic acids is 1. The number of rotatable bonds is 6. The minimum atomic E-state index is -0.851. The van der Waals surface area contributed by atoms with E-state index in [1.54, 1.807) is 19.1 Å². The second-order valence-corrected chi connectivity index (χ2v) is 5.00. The van der Waals surface area contributed by atoms with Crippen LogP contribution in [0.3, 0.4) is 0 Å². The number of carbonyl (C=O) groups is 2. The Morgan fingerprint density at radius 2 is 2.19 bits per heavy atom. The van der Waals surface area contributed by atoms with E-state index in [-0.39, 0.29) is 17.5 Å². The molecule has 0 heterocycles. The van der Waals surface area contributed by atoms with Crippen molar-refractivity contribution in [1.29, 1.82) is 5.26 Å². The highest BCUT2D eigenvalue weighted by Gasteiger charge is 2.10. The quantitative estimate of drug-likeness (QED) is 0.751. The Bertz CT molecular complexity index is 569. The second kappa shape index (κ2) is 8.12. The molecule has 1 aromatic rings. The fraction of sp³-hybridized carbons (Fsp3) is 0.357. The number of hydrogen-bond donors (Lipinski definition) is 3. The summed E-state index contributed by atoms with van der Waals surface area (Å²) in [6, 6.07) is 5.94. The highest BCUT2D eigenvalue weighted by molar-refractivity contribution is 6.33. The zero-order valence-corrected chi connectivity index (χ0v) is 12.3. The molecule has 3 N–H and O–H groups in total. The second-order valence-electron chi connectivity index (χ2n) is 4.59. The summed E-state index contributed by atoms with van der Waals surface area (Å²) in [5.41, 5.74) is 0.818. The van der Waals surface area contributed by atoms with Crippen molar-refractivity contribution in [3.8, 4) is 6.07 Å². The van der Waals surface area contributed by atoms with Crippen LogP contribution in [0.5, 0.6) is 0 Å². The number of benzene rings is 1. The Labute approximate surface area is 127 Å². The standard InChI is InChI=1S/C14H16ClN3O3/c1-9(3-2-4-13(19)20)17-14(21)18-12-6-5-10(8-16)7-11(12)15/h5-7,9H,2-4H2,1H3,(H,19,20)(H2,17,18,21). The summed E-state index contributed by atoms with van der Waals surface area (Å²) in [7, 11) is 0. The van der Waals surface area contributed by atoms with E-state index in [2.05, 4.69) is 10.6 Å². The summed E-state index contributed by atoms with van der Waals surface area (Å²) in [6.07, 6.45) is 1.14. The highest BCUT2D eigenvalue weighted by atomic mass is 35.5. The molecule has 1 rings (SSSR count). The first-order valence-corrected chi connectivity index (χ1v) is 6.79. The number of amides is 2. The van der Waals surface area contributed by atoms with Crippen molar-refractivity contribution in [1.82, 2.24) is 5.32 Å². The van der Waals surface area contributed by atoms with Crippen LogP contribution in [0.2, 0.25) is 5.02 Å². The number of carboxylic acid groups (broad SMARTS) is 1. The molecular formula is C14H16ClN3O3. The summed E-state index contributed by atoms with van der Waals surface area (Å²) in [5.74, 6) is -0.851. The highest BCUT2D eigenvalue weighted by Crippen LogP contribution is 2.22. The van der Waals surface area contributed by atoms with Crippen molar-refractivity contribution < 1.29 is 14.7 Å². The Morgan fingerprint density at radius 3 is 2.76 bits per heavy atom. The fourth-order valence-corrected chi connectivity index (χ4v) is 1.93. The minimum Gasteiger partial charge on any atom is -0.481 e. The third kappa shape index (κ3) is 6.15. The van der Waals surface area contributed by atoms with Crippen molar-refractivity contribution in [2.75, 3.05) is 5.32 Å². The van der Waals surface area contributed by atoms with Gasteiger partial charge >= 0.3 is 12.0 Å². The molecule has 6 nitrogen and oxygen atoms in total. The Kier molecular flexibility index (Phi) is 6.50.